The Morgan fingerprint density at radius 3 is 2.38 bits per heavy atom. The van der Waals surface area contributed by atoms with E-state index < -0.39 is 40.7 Å². The highest BCUT2D eigenvalue weighted by Gasteiger charge is 2.57. The number of thioether (sulfide) groups is 1. The Labute approximate surface area is 205 Å². The lowest BCUT2D eigenvalue weighted by Gasteiger charge is -2.32. The second-order valence-corrected chi connectivity index (χ2v) is 11.9. The number of nitrogens with zero attached hydrogens (tertiary/aromatic N) is 1. The molecule has 3 N–H and O–H groups in total. The number of benzene rings is 1. The van der Waals surface area contributed by atoms with Crippen LogP contribution in [0.4, 0.5) is 0 Å². The number of amides is 3. The number of aliphatic carboxylic acids is 1. The maximum Gasteiger partial charge on any atom is 0.326 e. The van der Waals surface area contributed by atoms with Crippen molar-refractivity contribution in [2.45, 2.75) is 82.6 Å². The lowest BCUT2D eigenvalue weighted by atomic mass is 9.96. The largest absolute Gasteiger partial charge is 0.480 e. The minimum absolute atomic E-state index is 0.0827. The summed E-state index contributed by atoms with van der Waals surface area (Å²) in [5.74, 6) is -2.40. The van der Waals surface area contributed by atoms with E-state index in [4.69, 9.17) is 0 Å². The molecular formula is C25H35N3O5S. The van der Waals surface area contributed by atoms with Crippen molar-refractivity contribution >= 4 is 35.5 Å². The van der Waals surface area contributed by atoms with Gasteiger partial charge in [-0.2, -0.15) is 0 Å². The van der Waals surface area contributed by atoms with Gasteiger partial charge in [0.05, 0.1) is 0 Å². The van der Waals surface area contributed by atoms with Gasteiger partial charge in [0.1, 0.15) is 23.5 Å². The van der Waals surface area contributed by atoms with Crippen molar-refractivity contribution < 1.29 is 24.3 Å². The number of carbonyl (C=O) groups is 4. The monoisotopic (exact) mass is 489 g/mol. The highest BCUT2D eigenvalue weighted by atomic mass is 32.2. The van der Waals surface area contributed by atoms with Gasteiger partial charge in [-0.15, -0.1) is 11.8 Å². The Morgan fingerprint density at radius 1 is 1.15 bits per heavy atom. The van der Waals surface area contributed by atoms with Gasteiger partial charge in [0.15, 0.2) is 0 Å². The summed E-state index contributed by atoms with van der Waals surface area (Å²) in [6.45, 7) is 11.4. The summed E-state index contributed by atoms with van der Waals surface area (Å²) in [5.41, 5.74) is 1.50. The number of fused-ring (bicyclic) bond motifs is 3. The van der Waals surface area contributed by atoms with Gasteiger partial charge in [0.2, 0.25) is 11.8 Å². The normalized spacial score (nSPS) is 23.1. The summed E-state index contributed by atoms with van der Waals surface area (Å²) in [7, 11) is 0. The molecule has 0 aromatic heterocycles. The lowest BCUT2D eigenvalue weighted by Crippen LogP contribution is -2.59. The van der Waals surface area contributed by atoms with Crippen LogP contribution in [0.15, 0.2) is 24.3 Å². The van der Waals surface area contributed by atoms with Gasteiger partial charge in [-0.1, -0.05) is 52.3 Å². The molecule has 2 aliphatic rings. The van der Waals surface area contributed by atoms with E-state index in [2.05, 4.69) is 10.6 Å². The third-order valence-electron chi connectivity index (χ3n) is 6.66. The summed E-state index contributed by atoms with van der Waals surface area (Å²) in [5, 5.41) is 14.8. The van der Waals surface area contributed by atoms with Gasteiger partial charge < -0.3 is 20.6 Å². The van der Waals surface area contributed by atoms with Crippen LogP contribution < -0.4 is 10.6 Å². The average molecular weight is 490 g/mol. The van der Waals surface area contributed by atoms with Gasteiger partial charge in [-0.25, -0.2) is 4.79 Å². The van der Waals surface area contributed by atoms with Crippen molar-refractivity contribution in [2.75, 3.05) is 0 Å². The Bertz CT molecular complexity index is 979. The maximum atomic E-state index is 13.6. The molecule has 0 radical (unpaired) electrons. The van der Waals surface area contributed by atoms with Crippen molar-refractivity contribution in [3.05, 3.63) is 35.4 Å². The van der Waals surface area contributed by atoms with Crippen molar-refractivity contribution in [2.24, 2.45) is 11.8 Å². The Balaban J connectivity index is 1.83. The quantitative estimate of drug-likeness (QED) is 0.491. The van der Waals surface area contributed by atoms with E-state index in [1.165, 1.54) is 0 Å². The summed E-state index contributed by atoms with van der Waals surface area (Å²) in [6.07, 6.45) is 0.938. The summed E-state index contributed by atoms with van der Waals surface area (Å²) in [6, 6.07) is 4.67. The first-order valence-electron chi connectivity index (χ1n) is 11.8. The molecule has 2 aliphatic heterocycles. The predicted molar refractivity (Wildman–Crippen MR) is 131 cm³/mol. The van der Waals surface area contributed by atoms with E-state index in [9.17, 15) is 24.3 Å². The molecular weight excluding hydrogens is 454 g/mol. The van der Waals surface area contributed by atoms with Crippen LogP contribution >= 0.6 is 11.8 Å². The highest BCUT2D eigenvalue weighted by molar-refractivity contribution is 8.01. The second kappa shape index (κ2) is 9.98. The maximum absolute atomic E-state index is 13.6. The molecule has 1 aromatic rings. The Morgan fingerprint density at radius 2 is 1.79 bits per heavy atom. The fraction of sp³-hybridized carbons (Fsp3) is 0.600. The van der Waals surface area contributed by atoms with Crippen LogP contribution in [0.2, 0.25) is 0 Å². The lowest BCUT2D eigenvalue weighted by molar-refractivity contribution is -0.144. The van der Waals surface area contributed by atoms with E-state index in [0.29, 0.717) is 18.4 Å². The standard InChI is InChI=1S/C25H35N3O5S/c1-7-14(4)18(24(32)33)27-20(29)17(12-13(2)3)26-21(30)19-25(5,6)34-23-16-11-9-8-10-15(16)22(31)28(19)23/h8-11,13-14,17-19,23H,7,12H2,1-6H3,(H,26,30)(H,27,29)(H,32,33)/t14-,17+,18+,19+,23+/m1/s1. The molecule has 0 saturated carbocycles. The first kappa shape index (κ1) is 26.1. The minimum Gasteiger partial charge on any atom is -0.480 e. The summed E-state index contributed by atoms with van der Waals surface area (Å²) < 4.78 is -0.572. The zero-order chi connectivity index (χ0) is 25.4. The number of carboxylic acids is 1. The van der Waals surface area contributed by atoms with Gasteiger partial charge in [0, 0.05) is 10.3 Å². The fourth-order valence-corrected chi connectivity index (χ4v) is 6.28. The van der Waals surface area contributed by atoms with E-state index in [-0.39, 0.29) is 23.1 Å². The van der Waals surface area contributed by atoms with E-state index in [1.54, 1.807) is 29.7 Å². The fourth-order valence-electron chi connectivity index (χ4n) is 4.70. The third kappa shape index (κ3) is 4.94. The van der Waals surface area contributed by atoms with Gasteiger partial charge in [0.25, 0.3) is 5.91 Å². The van der Waals surface area contributed by atoms with Gasteiger partial charge in [-0.05, 0) is 43.7 Å². The van der Waals surface area contributed by atoms with Crippen LogP contribution in [-0.2, 0) is 14.4 Å². The van der Waals surface area contributed by atoms with Crippen molar-refractivity contribution in [3.8, 4) is 0 Å². The molecule has 5 atom stereocenters. The molecule has 9 heteroatoms. The van der Waals surface area contributed by atoms with Crippen LogP contribution in [-0.4, -0.2) is 56.6 Å². The van der Waals surface area contributed by atoms with E-state index in [0.717, 1.165) is 5.56 Å². The van der Waals surface area contributed by atoms with Crippen LogP contribution in [0.3, 0.4) is 0 Å². The molecule has 34 heavy (non-hydrogen) atoms. The van der Waals surface area contributed by atoms with Crippen LogP contribution in [0, 0.1) is 11.8 Å². The molecule has 2 heterocycles. The molecule has 0 unspecified atom stereocenters. The SMILES string of the molecule is CC[C@@H](C)[C@H](NC(=O)[C@H](CC(C)C)NC(=O)[C@@H]1N2C(=O)c3ccccc3[C@@H]2SC1(C)C)C(=O)O. The number of nitrogens with one attached hydrogen (secondary N) is 2. The summed E-state index contributed by atoms with van der Waals surface area (Å²) in [4.78, 5) is 53.2. The number of hydrogen-bond acceptors (Lipinski definition) is 5. The molecule has 3 amide bonds. The predicted octanol–water partition coefficient (Wildman–Crippen LogP) is 3.18. The smallest absolute Gasteiger partial charge is 0.326 e. The topological polar surface area (TPSA) is 116 Å². The molecule has 0 bridgehead atoms. The molecule has 8 nitrogen and oxygen atoms in total. The minimum atomic E-state index is -1.10. The first-order valence-corrected chi connectivity index (χ1v) is 12.7. The number of carboxylic acid groups (broad SMARTS) is 1. The first-order chi connectivity index (χ1) is 15.9. The number of rotatable bonds is 9. The number of hydrogen-bond donors (Lipinski definition) is 3. The van der Waals surface area contributed by atoms with Crippen molar-refractivity contribution in [3.63, 3.8) is 0 Å². The summed E-state index contributed by atoms with van der Waals surface area (Å²) >= 11 is 1.56. The van der Waals surface area contributed by atoms with Crippen molar-refractivity contribution in [1.29, 1.82) is 0 Å². The van der Waals surface area contributed by atoms with Crippen LogP contribution in [0.5, 0.6) is 0 Å². The highest BCUT2D eigenvalue weighted by Crippen LogP contribution is 2.56. The van der Waals surface area contributed by atoms with Crippen LogP contribution in [0.1, 0.15) is 75.7 Å². The Kier molecular flexibility index (Phi) is 7.65. The molecule has 3 rings (SSSR count). The molecule has 186 valence electrons. The van der Waals surface area contributed by atoms with Gasteiger partial charge >= 0.3 is 5.97 Å². The molecule has 0 aliphatic carbocycles. The molecule has 1 fully saturated rings. The molecule has 0 spiro atoms. The average Bonchev–Trinajstić information content (AvgIpc) is 3.19. The molecule has 1 aromatic carbocycles. The molecule has 1 saturated heterocycles. The Hall–Kier alpha value is -2.55. The van der Waals surface area contributed by atoms with E-state index in [1.807, 2.05) is 52.8 Å². The second-order valence-electron chi connectivity index (χ2n) is 10.2. The third-order valence-corrected chi connectivity index (χ3v) is 8.20. The van der Waals surface area contributed by atoms with E-state index >= 15 is 0 Å². The van der Waals surface area contributed by atoms with Crippen LogP contribution in [0.25, 0.3) is 0 Å². The van der Waals surface area contributed by atoms with Gasteiger partial charge in [-0.3, -0.25) is 14.4 Å². The zero-order valence-electron chi connectivity index (χ0n) is 20.6. The zero-order valence-corrected chi connectivity index (χ0v) is 21.4. The van der Waals surface area contributed by atoms with Crippen molar-refractivity contribution in [1.82, 2.24) is 15.5 Å². The number of carbonyl (C=O) groups excluding carboxylic acids is 3.